The van der Waals surface area contributed by atoms with Gasteiger partial charge in [-0.15, -0.1) is 0 Å². The molecule has 0 bridgehead atoms. The van der Waals surface area contributed by atoms with Crippen molar-refractivity contribution in [3.05, 3.63) is 42.2 Å². The van der Waals surface area contributed by atoms with E-state index in [1.54, 1.807) is 19.2 Å². The summed E-state index contributed by atoms with van der Waals surface area (Å²) in [5, 5.41) is 0. The van der Waals surface area contributed by atoms with Crippen molar-refractivity contribution in [1.82, 2.24) is 0 Å². The van der Waals surface area contributed by atoms with E-state index in [1.165, 1.54) is 0 Å². The lowest BCUT2D eigenvalue weighted by Crippen LogP contribution is -1.86. The van der Waals surface area contributed by atoms with Crippen LogP contribution in [0.3, 0.4) is 0 Å². The fourth-order valence-corrected chi connectivity index (χ4v) is 0.965. The number of halogens is 1. The molecular weight excluding hydrogens is 155 g/mol. The van der Waals surface area contributed by atoms with Gasteiger partial charge in [-0.05, 0) is 17.7 Å². The number of hydrogen-bond acceptors (Lipinski definition) is 1. The van der Waals surface area contributed by atoms with Crippen LogP contribution in [0.2, 0.25) is 0 Å². The lowest BCUT2D eigenvalue weighted by Gasteiger charge is -2.00. The zero-order valence-corrected chi connectivity index (χ0v) is 7.01. The largest absolute Gasteiger partial charge is 0.497 e. The fraction of sp³-hybridized carbons (Fsp3) is 0.200. The molecule has 0 amide bonds. The molecule has 0 aliphatic heterocycles. The minimum Gasteiger partial charge on any atom is -0.497 e. The molecule has 2 heteroatoms. The molecular formula is C10H11FO. The van der Waals surface area contributed by atoms with Crippen LogP contribution in [0.25, 0.3) is 0 Å². The van der Waals surface area contributed by atoms with Gasteiger partial charge in [0.05, 0.1) is 12.9 Å². The van der Waals surface area contributed by atoms with Crippen LogP contribution < -0.4 is 4.74 Å². The first-order chi connectivity index (χ1) is 5.72. The van der Waals surface area contributed by atoms with Crippen LogP contribution in [-0.2, 0) is 6.42 Å². The molecule has 0 unspecified atom stereocenters. The minimum atomic E-state index is -0.319. The van der Waals surface area contributed by atoms with Gasteiger partial charge in [-0.2, -0.15) is 0 Å². The summed E-state index contributed by atoms with van der Waals surface area (Å²) in [5.41, 5.74) is 0.906. The van der Waals surface area contributed by atoms with E-state index < -0.39 is 0 Å². The van der Waals surface area contributed by atoms with Crippen LogP contribution in [-0.4, -0.2) is 7.11 Å². The third-order valence-corrected chi connectivity index (χ3v) is 1.55. The first-order valence-electron chi connectivity index (χ1n) is 3.68. The molecule has 1 aromatic carbocycles. The van der Waals surface area contributed by atoms with Gasteiger partial charge in [0.1, 0.15) is 5.75 Å². The van der Waals surface area contributed by atoms with E-state index in [-0.39, 0.29) is 12.2 Å². The van der Waals surface area contributed by atoms with Gasteiger partial charge >= 0.3 is 0 Å². The Balaban J connectivity index is 2.71. The Labute approximate surface area is 71.5 Å². The molecule has 0 fully saturated rings. The molecule has 0 atom stereocenters. The van der Waals surface area contributed by atoms with E-state index in [4.69, 9.17) is 4.74 Å². The first-order valence-corrected chi connectivity index (χ1v) is 3.68. The van der Waals surface area contributed by atoms with Gasteiger partial charge in [-0.1, -0.05) is 18.7 Å². The van der Waals surface area contributed by atoms with Crippen LogP contribution in [0.1, 0.15) is 5.56 Å². The molecule has 0 N–H and O–H groups in total. The average molecular weight is 166 g/mol. The molecule has 0 aliphatic rings. The maximum atomic E-state index is 12.3. The van der Waals surface area contributed by atoms with Gasteiger partial charge in [0.2, 0.25) is 0 Å². The Morgan fingerprint density at radius 3 is 2.42 bits per heavy atom. The number of benzene rings is 1. The SMILES string of the molecule is C=C(F)Cc1ccc(OC)cc1. The fourth-order valence-electron chi connectivity index (χ4n) is 0.965. The van der Waals surface area contributed by atoms with Crippen molar-refractivity contribution in [2.45, 2.75) is 6.42 Å². The highest BCUT2D eigenvalue weighted by atomic mass is 19.1. The summed E-state index contributed by atoms with van der Waals surface area (Å²) in [6.45, 7) is 3.20. The number of rotatable bonds is 3. The van der Waals surface area contributed by atoms with Gasteiger partial charge in [0.25, 0.3) is 0 Å². The van der Waals surface area contributed by atoms with E-state index in [2.05, 4.69) is 6.58 Å². The Morgan fingerprint density at radius 2 is 2.00 bits per heavy atom. The molecule has 12 heavy (non-hydrogen) atoms. The summed E-state index contributed by atoms with van der Waals surface area (Å²) in [6.07, 6.45) is 0.282. The summed E-state index contributed by atoms with van der Waals surface area (Å²) in [5.74, 6) is 0.461. The lowest BCUT2D eigenvalue weighted by molar-refractivity contribution is 0.414. The topological polar surface area (TPSA) is 9.23 Å². The van der Waals surface area contributed by atoms with Crippen molar-refractivity contribution >= 4 is 0 Å². The Morgan fingerprint density at radius 1 is 1.42 bits per heavy atom. The van der Waals surface area contributed by atoms with E-state index in [0.29, 0.717) is 0 Å². The van der Waals surface area contributed by atoms with Crippen molar-refractivity contribution in [3.8, 4) is 5.75 Å². The van der Waals surface area contributed by atoms with Crippen LogP contribution in [0.15, 0.2) is 36.7 Å². The summed E-state index contributed by atoms with van der Waals surface area (Å²) in [6, 6.07) is 7.25. The van der Waals surface area contributed by atoms with E-state index in [9.17, 15) is 4.39 Å². The average Bonchev–Trinajstić information content (AvgIpc) is 2.05. The Kier molecular flexibility index (Phi) is 2.86. The summed E-state index contributed by atoms with van der Waals surface area (Å²) in [7, 11) is 1.60. The Bertz CT molecular complexity index is 264. The van der Waals surface area contributed by atoms with Gasteiger partial charge < -0.3 is 4.74 Å². The van der Waals surface area contributed by atoms with E-state index in [1.807, 2.05) is 12.1 Å². The second-order valence-corrected chi connectivity index (χ2v) is 2.54. The van der Waals surface area contributed by atoms with Gasteiger partial charge in [0, 0.05) is 6.42 Å². The highest BCUT2D eigenvalue weighted by Crippen LogP contribution is 2.13. The van der Waals surface area contributed by atoms with E-state index in [0.717, 1.165) is 11.3 Å². The molecule has 0 radical (unpaired) electrons. The maximum Gasteiger partial charge on any atom is 0.118 e. The predicted octanol–water partition coefficient (Wildman–Crippen LogP) is 2.72. The molecule has 1 nitrogen and oxygen atoms in total. The second-order valence-electron chi connectivity index (χ2n) is 2.54. The quantitative estimate of drug-likeness (QED) is 0.670. The van der Waals surface area contributed by atoms with Crippen molar-refractivity contribution < 1.29 is 9.13 Å². The molecule has 0 heterocycles. The predicted molar refractivity (Wildman–Crippen MR) is 46.9 cm³/mol. The highest BCUT2D eigenvalue weighted by molar-refractivity contribution is 5.28. The number of allylic oxidation sites excluding steroid dienone is 1. The molecule has 0 aromatic heterocycles. The third-order valence-electron chi connectivity index (χ3n) is 1.55. The monoisotopic (exact) mass is 166 g/mol. The number of methoxy groups -OCH3 is 1. The van der Waals surface area contributed by atoms with Crippen molar-refractivity contribution in [2.24, 2.45) is 0 Å². The maximum absolute atomic E-state index is 12.3. The van der Waals surface area contributed by atoms with Crippen LogP contribution in [0.5, 0.6) is 5.75 Å². The molecule has 0 spiro atoms. The van der Waals surface area contributed by atoms with Gasteiger partial charge in [-0.25, -0.2) is 4.39 Å². The lowest BCUT2D eigenvalue weighted by atomic mass is 10.1. The summed E-state index contributed by atoms with van der Waals surface area (Å²) < 4.78 is 17.3. The molecule has 1 rings (SSSR count). The van der Waals surface area contributed by atoms with Gasteiger partial charge in [0.15, 0.2) is 0 Å². The van der Waals surface area contributed by atoms with Crippen molar-refractivity contribution in [2.75, 3.05) is 7.11 Å². The number of ether oxygens (including phenoxy) is 1. The smallest absolute Gasteiger partial charge is 0.118 e. The molecule has 1 aromatic rings. The number of hydrogen-bond donors (Lipinski definition) is 0. The van der Waals surface area contributed by atoms with Crippen molar-refractivity contribution in [1.29, 1.82) is 0 Å². The summed E-state index contributed by atoms with van der Waals surface area (Å²) >= 11 is 0. The minimum absolute atomic E-state index is 0.282. The third kappa shape index (κ3) is 2.38. The first kappa shape index (κ1) is 8.78. The molecule has 64 valence electrons. The molecule has 0 saturated heterocycles. The molecule has 0 aliphatic carbocycles. The van der Waals surface area contributed by atoms with Crippen LogP contribution in [0, 0.1) is 0 Å². The summed E-state index contributed by atoms with van der Waals surface area (Å²) in [4.78, 5) is 0. The van der Waals surface area contributed by atoms with Crippen molar-refractivity contribution in [3.63, 3.8) is 0 Å². The van der Waals surface area contributed by atoms with Crippen LogP contribution in [0.4, 0.5) is 4.39 Å². The normalized spacial score (nSPS) is 9.50. The Hall–Kier alpha value is -1.31. The van der Waals surface area contributed by atoms with Crippen LogP contribution >= 0.6 is 0 Å². The zero-order chi connectivity index (χ0) is 8.97. The standard InChI is InChI=1S/C10H11FO/c1-8(11)7-9-3-5-10(12-2)6-4-9/h3-6H,1,7H2,2H3. The molecule has 0 saturated carbocycles. The zero-order valence-electron chi connectivity index (χ0n) is 7.01. The van der Waals surface area contributed by atoms with Gasteiger partial charge in [-0.3, -0.25) is 0 Å². The second kappa shape index (κ2) is 3.90. The van der Waals surface area contributed by atoms with E-state index >= 15 is 0 Å². The highest BCUT2D eigenvalue weighted by Gasteiger charge is 1.95.